The van der Waals surface area contributed by atoms with Gasteiger partial charge in [-0.05, 0) is 77.5 Å². The largest absolute Gasteiger partial charge is 0.534 e. The van der Waals surface area contributed by atoms with Crippen LogP contribution in [0, 0.1) is 27.7 Å². The standard InChI is InChI=1S/C32H36O2SSi/c1-23-25(3)31(35(33)27-17-11-8-12-18-27)26(4)24(2)30(23)34-36(32(5,6)7,28-19-13-9-14-20-28)29-21-15-10-16-22-29/h8-22H,1-7H3. The van der Waals surface area contributed by atoms with Crippen LogP contribution in [-0.4, -0.2) is 12.5 Å². The van der Waals surface area contributed by atoms with Crippen LogP contribution < -0.4 is 14.8 Å². The van der Waals surface area contributed by atoms with Crippen LogP contribution in [0.1, 0.15) is 43.0 Å². The van der Waals surface area contributed by atoms with Crippen molar-refractivity contribution >= 4 is 29.5 Å². The molecule has 4 rings (SSSR count). The first-order valence-electron chi connectivity index (χ1n) is 12.5. The van der Waals surface area contributed by atoms with Crippen LogP contribution in [0.3, 0.4) is 0 Å². The second-order valence-electron chi connectivity index (χ2n) is 10.5. The van der Waals surface area contributed by atoms with Gasteiger partial charge in [-0.25, -0.2) is 4.21 Å². The lowest BCUT2D eigenvalue weighted by atomic mass is 10.00. The summed E-state index contributed by atoms with van der Waals surface area (Å²) in [6, 6.07) is 31.1. The van der Waals surface area contributed by atoms with Gasteiger partial charge in [-0.3, -0.25) is 0 Å². The van der Waals surface area contributed by atoms with Gasteiger partial charge < -0.3 is 4.43 Å². The van der Waals surface area contributed by atoms with Gasteiger partial charge in [0.1, 0.15) is 5.75 Å². The molecule has 0 saturated heterocycles. The van der Waals surface area contributed by atoms with Crippen molar-refractivity contribution in [3.05, 3.63) is 113 Å². The van der Waals surface area contributed by atoms with Crippen LogP contribution in [-0.2, 0) is 10.8 Å². The molecule has 0 saturated carbocycles. The van der Waals surface area contributed by atoms with Gasteiger partial charge in [-0.2, -0.15) is 0 Å². The lowest BCUT2D eigenvalue weighted by Gasteiger charge is -2.44. The van der Waals surface area contributed by atoms with Crippen molar-refractivity contribution < 1.29 is 8.63 Å². The highest BCUT2D eigenvalue weighted by Crippen LogP contribution is 2.42. The fourth-order valence-corrected chi connectivity index (χ4v) is 11.2. The van der Waals surface area contributed by atoms with E-state index in [4.69, 9.17) is 4.43 Å². The van der Waals surface area contributed by atoms with Crippen LogP contribution in [0.2, 0.25) is 5.04 Å². The second-order valence-corrected chi connectivity index (χ2v) is 16.1. The maximum absolute atomic E-state index is 13.7. The topological polar surface area (TPSA) is 26.3 Å². The zero-order valence-electron chi connectivity index (χ0n) is 22.4. The number of hydrogen-bond acceptors (Lipinski definition) is 2. The molecule has 4 aromatic rings. The molecule has 1 unspecified atom stereocenters. The molecule has 4 aromatic carbocycles. The molecule has 0 aromatic heterocycles. The van der Waals surface area contributed by atoms with Gasteiger partial charge in [0, 0.05) is 4.90 Å². The van der Waals surface area contributed by atoms with Crippen LogP contribution in [0.25, 0.3) is 0 Å². The van der Waals surface area contributed by atoms with E-state index in [1.165, 1.54) is 10.4 Å². The highest BCUT2D eigenvalue weighted by molar-refractivity contribution is 7.85. The smallest absolute Gasteiger partial charge is 0.319 e. The summed E-state index contributed by atoms with van der Waals surface area (Å²) in [5.74, 6) is 0.924. The Morgan fingerprint density at radius 3 is 1.39 bits per heavy atom. The van der Waals surface area contributed by atoms with E-state index in [1.807, 2.05) is 30.3 Å². The van der Waals surface area contributed by atoms with Gasteiger partial charge in [0.25, 0.3) is 0 Å². The van der Waals surface area contributed by atoms with E-state index in [9.17, 15) is 4.21 Å². The Bertz CT molecular complexity index is 1310. The Kier molecular flexibility index (Phi) is 7.40. The lowest BCUT2D eigenvalue weighted by molar-refractivity contribution is 0.500. The van der Waals surface area contributed by atoms with Gasteiger partial charge in [0.05, 0.1) is 15.7 Å². The summed E-state index contributed by atoms with van der Waals surface area (Å²) >= 11 is 0. The summed E-state index contributed by atoms with van der Waals surface area (Å²) in [5, 5.41) is 2.35. The fraction of sp³-hybridized carbons (Fsp3) is 0.250. The zero-order valence-corrected chi connectivity index (χ0v) is 24.2. The van der Waals surface area contributed by atoms with Crippen LogP contribution in [0.4, 0.5) is 0 Å². The van der Waals surface area contributed by atoms with E-state index in [0.29, 0.717) is 0 Å². The van der Waals surface area contributed by atoms with Crippen LogP contribution >= 0.6 is 0 Å². The van der Waals surface area contributed by atoms with E-state index >= 15 is 0 Å². The molecular formula is C32H36O2SSi. The Hall–Kier alpha value is -2.95. The fourth-order valence-electron chi connectivity index (χ4n) is 5.14. The average Bonchev–Trinajstić information content (AvgIpc) is 2.88. The maximum atomic E-state index is 13.7. The molecule has 0 N–H and O–H groups in total. The quantitative estimate of drug-likeness (QED) is 0.259. The third kappa shape index (κ3) is 4.49. The van der Waals surface area contributed by atoms with Crippen molar-refractivity contribution in [3.8, 4) is 5.75 Å². The molecule has 0 aliphatic carbocycles. The monoisotopic (exact) mass is 512 g/mol. The van der Waals surface area contributed by atoms with Gasteiger partial charge in [0.2, 0.25) is 0 Å². The van der Waals surface area contributed by atoms with Gasteiger partial charge in [0.15, 0.2) is 0 Å². The zero-order chi connectivity index (χ0) is 26.1. The molecule has 0 spiro atoms. The lowest BCUT2D eigenvalue weighted by Crippen LogP contribution is -2.69. The summed E-state index contributed by atoms with van der Waals surface area (Å²) < 4.78 is 21.1. The number of hydrogen-bond donors (Lipinski definition) is 0. The molecule has 0 radical (unpaired) electrons. The Balaban J connectivity index is 1.97. The highest BCUT2D eigenvalue weighted by Gasteiger charge is 2.52. The normalized spacial score (nSPS) is 12.9. The summed E-state index contributed by atoms with van der Waals surface area (Å²) in [6.07, 6.45) is 0. The number of rotatable bonds is 6. The van der Waals surface area contributed by atoms with Gasteiger partial charge in [-0.15, -0.1) is 0 Å². The molecule has 1 atom stereocenters. The first-order chi connectivity index (χ1) is 17.1. The third-order valence-corrected chi connectivity index (χ3v) is 13.9. The van der Waals surface area contributed by atoms with Gasteiger partial charge >= 0.3 is 8.32 Å². The predicted molar refractivity (Wildman–Crippen MR) is 155 cm³/mol. The average molecular weight is 513 g/mol. The molecule has 0 heterocycles. The van der Waals surface area contributed by atoms with E-state index in [1.54, 1.807) is 0 Å². The van der Waals surface area contributed by atoms with Crippen molar-refractivity contribution in [1.82, 2.24) is 0 Å². The highest BCUT2D eigenvalue weighted by atomic mass is 32.2. The molecular weight excluding hydrogens is 477 g/mol. The SMILES string of the molecule is Cc1c(C)c(S(=O)c2ccccc2)c(C)c(C)c1O[Si](c1ccccc1)(c1ccccc1)C(C)(C)C. The first kappa shape index (κ1) is 26.1. The summed E-state index contributed by atoms with van der Waals surface area (Å²) in [5.41, 5.74) is 4.19. The molecule has 0 amide bonds. The maximum Gasteiger partial charge on any atom is 0.319 e. The molecule has 2 nitrogen and oxygen atoms in total. The van der Waals surface area contributed by atoms with E-state index in [2.05, 4.69) is 109 Å². The molecule has 0 fully saturated rings. The Morgan fingerprint density at radius 1 is 0.611 bits per heavy atom. The van der Waals surface area contributed by atoms with E-state index in [-0.39, 0.29) is 5.04 Å². The van der Waals surface area contributed by atoms with Crippen LogP contribution in [0.5, 0.6) is 5.75 Å². The van der Waals surface area contributed by atoms with Crippen molar-refractivity contribution in [2.45, 2.75) is 63.3 Å². The molecule has 186 valence electrons. The van der Waals surface area contributed by atoms with E-state index in [0.717, 1.165) is 37.8 Å². The van der Waals surface area contributed by atoms with Crippen molar-refractivity contribution in [3.63, 3.8) is 0 Å². The molecule has 0 bridgehead atoms. The first-order valence-corrected chi connectivity index (χ1v) is 15.5. The van der Waals surface area contributed by atoms with E-state index < -0.39 is 19.1 Å². The minimum atomic E-state index is -2.78. The summed E-state index contributed by atoms with van der Waals surface area (Å²) in [7, 11) is -4.04. The third-order valence-electron chi connectivity index (χ3n) is 7.30. The molecule has 4 heteroatoms. The summed E-state index contributed by atoms with van der Waals surface area (Å²) in [6.45, 7) is 15.3. The molecule has 36 heavy (non-hydrogen) atoms. The van der Waals surface area contributed by atoms with Crippen LogP contribution in [0.15, 0.2) is 101 Å². The molecule has 0 aliphatic heterocycles. The summed E-state index contributed by atoms with van der Waals surface area (Å²) in [4.78, 5) is 1.72. The number of benzene rings is 4. The van der Waals surface area contributed by atoms with Crippen molar-refractivity contribution in [1.29, 1.82) is 0 Å². The second kappa shape index (κ2) is 10.2. The predicted octanol–water partition coefficient (Wildman–Crippen LogP) is 7.03. The van der Waals surface area contributed by atoms with Gasteiger partial charge in [-0.1, -0.05) is 99.6 Å². The van der Waals surface area contributed by atoms with Crippen molar-refractivity contribution in [2.24, 2.45) is 0 Å². The minimum Gasteiger partial charge on any atom is -0.534 e. The van der Waals surface area contributed by atoms with Crippen molar-refractivity contribution in [2.75, 3.05) is 0 Å². The molecule has 0 aliphatic rings. The Labute approximate surface area is 220 Å². The Morgan fingerprint density at radius 2 is 1.00 bits per heavy atom. The minimum absolute atomic E-state index is 0.137.